The fourth-order valence-electron chi connectivity index (χ4n) is 3.88. The molecule has 9 nitrogen and oxygen atoms in total. The lowest BCUT2D eigenvalue weighted by atomic mass is 9.86. The first-order valence-corrected chi connectivity index (χ1v) is 9.80. The molecule has 0 amide bonds. The van der Waals surface area contributed by atoms with Crippen LogP contribution in [0, 0.1) is 0 Å². The van der Waals surface area contributed by atoms with E-state index in [1.54, 1.807) is 17.1 Å². The van der Waals surface area contributed by atoms with Crippen LogP contribution in [0.2, 0.25) is 0 Å². The first kappa shape index (κ1) is 18.4. The molecule has 0 aliphatic carbocycles. The van der Waals surface area contributed by atoms with Gasteiger partial charge < -0.3 is 9.73 Å². The van der Waals surface area contributed by atoms with E-state index in [0.717, 1.165) is 28.1 Å². The molecule has 0 radical (unpaired) electrons. The summed E-state index contributed by atoms with van der Waals surface area (Å²) < 4.78 is 7.99. The van der Waals surface area contributed by atoms with Crippen LogP contribution >= 0.6 is 0 Å². The molecule has 0 aromatic carbocycles. The van der Waals surface area contributed by atoms with Gasteiger partial charge in [0.25, 0.3) is 0 Å². The average molecular weight is 402 g/mol. The van der Waals surface area contributed by atoms with Crippen LogP contribution in [0.1, 0.15) is 49.6 Å². The molecule has 0 fully saturated rings. The summed E-state index contributed by atoms with van der Waals surface area (Å²) in [4.78, 5) is 4.62. The Morgan fingerprint density at radius 3 is 2.70 bits per heavy atom. The van der Waals surface area contributed by atoms with Crippen LogP contribution < -0.4 is 5.32 Å². The number of pyridine rings is 1. The van der Waals surface area contributed by atoms with E-state index in [-0.39, 0.29) is 12.0 Å². The fraction of sp³-hybridized carbons (Fsp3) is 0.333. The maximum absolute atomic E-state index is 6.21. The zero-order valence-corrected chi connectivity index (χ0v) is 17.2. The van der Waals surface area contributed by atoms with Crippen molar-refractivity contribution in [2.75, 3.05) is 5.32 Å². The van der Waals surface area contributed by atoms with Crippen LogP contribution in [-0.2, 0) is 12.5 Å². The number of nitrogens with one attached hydrogen (secondary N) is 1. The summed E-state index contributed by atoms with van der Waals surface area (Å²) in [5.41, 5.74) is 3.55. The molecule has 0 bridgehead atoms. The average Bonchev–Trinajstić information content (AvgIpc) is 3.46. The molecule has 0 spiro atoms. The van der Waals surface area contributed by atoms with Gasteiger partial charge in [-0.1, -0.05) is 0 Å². The Morgan fingerprint density at radius 1 is 1.10 bits per heavy atom. The van der Waals surface area contributed by atoms with Crippen molar-refractivity contribution < 1.29 is 4.42 Å². The Kier molecular flexibility index (Phi) is 4.12. The third-order valence-corrected chi connectivity index (χ3v) is 5.70. The highest BCUT2D eigenvalue weighted by Gasteiger charge is 2.38. The molecule has 5 heterocycles. The lowest BCUT2D eigenvalue weighted by molar-refractivity contribution is 0.374. The van der Waals surface area contributed by atoms with Gasteiger partial charge in [-0.15, -0.1) is 10.2 Å². The van der Waals surface area contributed by atoms with Gasteiger partial charge in [-0.3, -0.25) is 4.68 Å². The van der Waals surface area contributed by atoms with Crippen molar-refractivity contribution in [3.8, 4) is 11.1 Å². The summed E-state index contributed by atoms with van der Waals surface area (Å²) in [7, 11) is 1.90. The molecule has 0 saturated carbocycles. The molecule has 1 aliphatic rings. The largest absolute Gasteiger partial charge is 0.424 e. The number of rotatable bonds is 4. The van der Waals surface area contributed by atoms with E-state index in [0.29, 0.717) is 11.8 Å². The van der Waals surface area contributed by atoms with Crippen molar-refractivity contribution in [3.63, 3.8) is 0 Å². The molecule has 5 rings (SSSR count). The van der Waals surface area contributed by atoms with Crippen molar-refractivity contribution in [2.45, 2.75) is 38.1 Å². The molecule has 2 unspecified atom stereocenters. The van der Waals surface area contributed by atoms with E-state index in [1.807, 2.05) is 45.6 Å². The topological polar surface area (TPSA) is 107 Å². The molecular weight excluding hydrogens is 380 g/mol. The van der Waals surface area contributed by atoms with Crippen molar-refractivity contribution in [3.05, 3.63) is 66.0 Å². The standard InChI is InChI=1S/C21H22N8O/c1-12-17(16-7-13(8-22-18(16)26-12)14-9-25-29(4)11-14)19-27-28-20(30-19)21(2,3)15-5-6-23-24-10-15/h5-12,17H,1-4H3,(H,22,26). The Bertz CT molecular complexity index is 1200. The number of aryl methyl sites for hydroxylation is 1. The molecule has 30 heavy (non-hydrogen) atoms. The number of hydrogen-bond acceptors (Lipinski definition) is 8. The second-order valence-corrected chi connectivity index (χ2v) is 8.18. The number of aromatic nitrogens is 7. The summed E-state index contributed by atoms with van der Waals surface area (Å²) in [5, 5.41) is 24.3. The summed E-state index contributed by atoms with van der Waals surface area (Å²) >= 11 is 0. The second-order valence-electron chi connectivity index (χ2n) is 8.18. The lowest BCUT2D eigenvalue weighted by Crippen LogP contribution is -2.20. The number of nitrogens with zero attached hydrogens (tertiary/aromatic N) is 7. The van der Waals surface area contributed by atoms with Crippen molar-refractivity contribution in [1.29, 1.82) is 0 Å². The summed E-state index contributed by atoms with van der Waals surface area (Å²) in [6.07, 6.45) is 9.06. The van der Waals surface area contributed by atoms with Crippen LogP contribution in [0.4, 0.5) is 5.82 Å². The molecule has 2 atom stereocenters. The number of anilines is 1. The Morgan fingerprint density at radius 2 is 1.97 bits per heavy atom. The summed E-state index contributed by atoms with van der Waals surface area (Å²) in [6.45, 7) is 6.17. The Balaban J connectivity index is 1.52. The van der Waals surface area contributed by atoms with E-state index in [1.165, 1.54) is 0 Å². The molecule has 4 aromatic rings. The molecule has 0 saturated heterocycles. The van der Waals surface area contributed by atoms with E-state index < -0.39 is 5.41 Å². The minimum absolute atomic E-state index is 0.0793. The van der Waals surface area contributed by atoms with E-state index in [2.05, 4.69) is 48.8 Å². The maximum Gasteiger partial charge on any atom is 0.226 e. The maximum atomic E-state index is 6.21. The third kappa shape index (κ3) is 2.94. The van der Waals surface area contributed by atoms with Crippen molar-refractivity contribution in [2.24, 2.45) is 7.05 Å². The normalized spacial score (nSPS) is 18.3. The van der Waals surface area contributed by atoms with Crippen LogP contribution in [0.15, 0.2) is 47.5 Å². The van der Waals surface area contributed by atoms with Crippen molar-refractivity contribution in [1.82, 2.24) is 35.2 Å². The van der Waals surface area contributed by atoms with Gasteiger partial charge in [-0.2, -0.15) is 15.3 Å². The van der Waals surface area contributed by atoms with Crippen LogP contribution in [0.5, 0.6) is 0 Å². The molecule has 4 aromatic heterocycles. The first-order valence-electron chi connectivity index (χ1n) is 9.80. The second kappa shape index (κ2) is 6.72. The smallest absolute Gasteiger partial charge is 0.226 e. The quantitative estimate of drug-likeness (QED) is 0.555. The summed E-state index contributed by atoms with van der Waals surface area (Å²) in [5.74, 6) is 1.88. The minimum atomic E-state index is -0.477. The van der Waals surface area contributed by atoms with Gasteiger partial charge in [-0.25, -0.2) is 4.98 Å². The number of fused-ring (bicyclic) bond motifs is 1. The Labute approximate surface area is 173 Å². The molecule has 1 aliphatic heterocycles. The van der Waals surface area contributed by atoms with Gasteiger partial charge >= 0.3 is 0 Å². The van der Waals surface area contributed by atoms with Crippen LogP contribution in [0.25, 0.3) is 11.1 Å². The first-order chi connectivity index (χ1) is 14.4. The monoisotopic (exact) mass is 402 g/mol. The van der Waals surface area contributed by atoms with Gasteiger partial charge in [-0.05, 0) is 38.5 Å². The zero-order valence-electron chi connectivity index (χ0n) is 17.2. The third-order valence-electron chi connectivity index (χ3n) is 5.70. The molecule has 9 heteroatoms. The predicted octanol–water partition coefficient (Wildman–Crippen LogP) is 2.93. The highest BCUT2D eigenvalue weighted by Crippen LogP contribution is 2.41. The SMILES string of the molecule is CC1Nc2ncc(-c3cnn(C)c3)cc2C1c1nnc(C(C)(C)c2ccnnc2)o1. The summed E-state index contributed by atoms with van der Waals surface area (Å²) in [6, 6.07) is 4.12. The highest BCUT2D eigenvalue weighted by molar-refractivity contribution is 5.67. The van der Waals surface area contributed by atoms with Gasteiger partial charge in [0.15, 0.2) is 0 Å². The molecule has 1 N–H and O–H groups in total. The van der Waals surface area contributed by atoms with Crippen molar-refractivity contribution >= 4 is 5.82 Å². The van der Waals surface area contributed by atoms with Gasteiger partial charge in [0.2, 0.25) is 11.8 Å². The minimum Gasteiger partial charge on any atom is -0.424 e. The fourth-order valence-corrected chi connectivity index (χ4v) is 3.88. The van der Waals surface area contributed by atoms with E-state index >= 15 is 0 Å². The zero-order chi connectivity index (χ0) is 20.9. The Hall–Kier alpha value is -3.62. The predicted molar refractivity (Wildman–Crippen MR) is 110 cm³/mol. The van der Waals surface area contributed by atoms with Crippen LogP contribution in [0.3, 0.4) is 0 Å². The highest BCUT2D eigenvalue weighted by atomic mass is 16.4. The van der Waals surface area contributed by atoms with Gasteiger partial charge in [0.1, 0.15) is 5.82 Å². The molecular formula is C21H22N8O. The van der Waals surface area contributed by atoms with Gasteiger partial charge in [0.05, 0.1) is 23.7 Å². The van der Waals surface area contributed by atoms with Gasteiger partial charge in [0, 0.05) is 48.4 Å². The van der Waals surface area contributed by atoms with E-state index in [9.17, 15) is 0 Å². The number of hydrogen-bond donors (Lipinski definition) is 1. The lowest BCUT2D eigenvalue weighted by Gasteiger charge is -2.20. The van der Waals surface area contributed by atoms with Crippen LogP contribution in [-0.4, -0.2) is 41.2 Å². The van der Waals surface area contributed by atoms with E-state index in [4.69, 9.17) is 4.42 Å². The molecule has 152 valence electrons.